The third-order valence-electron chi connectivity index (χ3n) is 4.33. The molecule has 0 saturated carbocycles. The molecule has 4 heterocycles. The van der Waals surface area contributed by atoms with Gasteiger partial charge in [0.2, 0.25) is 0 Å². The molecule has 0 atom stereocenters. The first kappa shape index (κ1) is 18.1. The van der Waals surface area contributed by atoms with Crippen LogP contribution >= 0.6 is 11.3 Å². The Labute approximate surface area is 165 Å². The average Bonchev–Trinajstić information content (AvgIpc) is 3.33. The van der Waals surface area contributed by atoms with Gasteiger partial charge in [-0.05, 0) is 25.1 Å². The maximum absolute atomic E-state index is 11.6. The number of nitrogens with zero attached hydrogens (tertiary/aromatic N) is 5. The zero-order chi connectivity index (χ0) is 19.8. The smallest absolute Gasteiger partial charge is 0.259 e. The van der Waals surface area contributed by atoms with E-state index in [1.54, 1.807) is 17.1 Å². The highest BCUT2D eigenvalue weighted by Gasteiger charge is 2.16. The van der Waals surface area contributed by atoms with E-state index in [0.29, 0.717) is 29.3 Å². The number of aromatic nitrogens is 5. The molecule has 0 unspecified atom stereocenters. The van der Waals surface area contributed by atoms with Crippen molar-refractivity contribution in [2.24, 2.45) is 18.5 Å². The predicted molar refractivity (Wildman–Crippen MR) is 109 cm³/mol. The number of hydrogen-bond acceptors (Lipinski definition) is 7. The summed E-state index contributed by atoms with van der Waals surface area (Å²) in [6, 6.07) is 1.88. The second kappa shape index (κ2) is 7.06. The second-order valence-corrected chi connectivity index (χ2v) is 7.52. The molecule has 0 fully saturated rings. The Balaban J connectivity index is 1.82. The van der Waals surface area contributed by atoms with Gasteiger partial charge in [-0.2, -0.15) is 5.10 Å². The molecule has 0 saturated heterocycles. The molecule has 4 aromatic heterocycles. The molecule has 0 bridgehead atoms. The van der Waals surface area contributed by atoms with Crippen molar-refractivity contribution in [3.63, 3.8) is 0 Å². The first-order valence-corrected chi connectivity index (χ1v) is 9.51. The molecule has 144 valence electrons. The SMILES string of the molecule is Cc1cc(Nc2nc(CCN)cn3c(-c4cnn(C)c4)cnc23)sc1C(N)=O. The van der Waals surface area contributed by atoms with Gasteiger partial charge in [0.1, 0.15) is 0 Å². The molecule has 1 amide bonds. The number of thiophene rings is 1. The number of primary amides is 1. The normalized spacial score (nSPS) is 11.2. The summed E-state index contributed by atoms with van der Waals surface area (Å²) in [5.41, 5.74) is 15.4. The molecule has 4 rings (SSSR count). The van der Waals surface area contributed by atoms with Crippen LogP contribution in [-0.4, -0.2) is 36.6 Å². The highest BCUT2D eigenvalue weighted by molar-refractivity contribution is 7.18. The van der Waals surface area contributed by atoms with Crippen molar-refractivity contribution in [3.05, 3.63) is 47.0 Å². The Bertz CT molecular complexity index is 1170. The largest absolute Gasteiger partial charge is 0.365 e. The number of fused-ring (bicyclic) bond motifs is 1. The lowest BCUT2D eigenvalue weighted by atomic mass is 10.2. The Hall–Kier alpha value is -3.24. The van der Waals surface area contributed by atoms with Crippen LogP contribution in [0.3, 0.4) is 0 Å². The molecule has 0 spiro atoms. The monoisotopic (exact) mass is 396 g/mol. The number of anilines is 2. The quantitative estimate of drug-likeness (QED) is 0.456. The fourth-order valence-corrected chi connectivity index (χ4v) is 3.99. The van der Waals surface area contributed by atoms with Crippen molar-refractivity contribution in [2.75, 3.05) is 11.9 Å². The second-order valence-electron chi connectivity index (χ2n) is 6.47. The third-order valence-corrected chi connectivity index (χ3v) is 5.49. The van der Waals surface area contributed by atoms with Crippen LogP contribution in [0.1, 0.15) is 20.9 Å². The van der Waals surface area contributed by atoms with Gasteiger partial charge in [-0.15, -0.1) is 11.3 Å². The highest BCUT2D eigenvalue weighted by atomic mass is 32.1. The van der Waals surface area contributed by atoms with Crippen molar-refractivity contribution >= 4 is 33.7 Å². The average molecular weight is 396 g/mol. The van der Waals surface area contributed by atoms with Crippen molar-refractivity contribution in [3.8, 4) is 11.3 Å². The number of nitrogens with two attached hydrogens (primary N) is 2. The number of carbonyl (C=O) groups is 1. The van der Waals surface area contributed by atoms with E-state index in [-0.39, 0.29) is 0 Å². The molecule has 28 heavy (non-hydrogen) atoms. The van der Waals surface area contributed by atoms with Gasteiger partial charge >= 0.3 is 0 Å². The molecule has 10 heteroatoms. The minimum absolute atomic E-state index is 0.440. The van der Waals surface area contributed by atoms with E-state index in [0.717, 1.165) is 27.5 Å². The highest BCUT2D eigenvalue weighted by Crippen LogP contribution is 2.31. The molecular formula is C18H20N8OS. The van der Waals surface area contributed by atoms with E-state index in [9.17, 15) is 4.79 Å². The van der Waals surface area contributed by atoms with Gasteiger partial charge in [0.15, 0.2) is 11.5 Å². The van der Waals surface area contributed by atoms with E-state index >= 15 is 0 Å². The third kappa shape index (κ3) is 3.23. The molecule has 5 N–H and O–H groups in total. The summed E-state index contributed by atoms with van der Waals surface area (Å²) in [4.78, 5) is 21.3. The van der Waals surface area contributed by atoms with Crippen LogP contribution in [-0.2, 0) is 13.5 Å². The van der Waals surface area contributed by atoms with Crippen LogP contribution < -0.4 is 16.8 Å². The standard InChI is InChI=1S/C18H20N8OS/c1-10-5-14(28-15(10)16(20)27)24-17-18-21-7-13(11-6-22-25(2)8-11)26(18)9-12(23-17)3-4-19/h5-9H,3-4,19H2,1-2H3,(H2,20,27)(H,23,24). The Morgan fingerprint density at radius 2 is 2.14 bits per heavy atom. The van der Waals surface area contributed by atoms with Crippen molar-refractivity contribution in [1.29, 1.82) is 0 Å². The first-order valence-electron chi connectivity index (χ1n) is 8.69. The number of aryl methyl sites for hydroxylation is 2. The number of carbonyl (C=O) groups excluding carboxylic acids is 1. The van der Waals surface area contributed by atoms with Crippen molar-refractivity contribution < 1.29 is 4.79 Å². The fraction of sp³-hybridized carbons (Fsp3) is 0.222. The summed E-state index contributed by atoms with van der Waals surface area (Å²) in [5, 5.41) is 8.30. The van der Waals surface area contributed by atoms with Crippen LogP contribution in [0.2, 0.25) is 0 Å². The molecular weight excluding hydrogens is 376 g/mol. The van der Waals surface area contributed by atoms with Gasteiger partial charge in [0, 0.05) is 31.4 Å². The van der Waals surface area contributed by atoms with E-state index in [2.05, 4.69) is 20.4 Å². The number of imidazole rings is 1. The Kier molecular flexibility index (Phi) is 4.57. The predicted octanol–water partition coefficient (Wildman–Crippen LogP) is 1.84. The maximum atomic E-state index is 11.6. The molecule has 0 aliphatic heterocycles. The van der Waals surface area contributed by atoms with E-state index in [4.69, 9.17) is 11.5 Å². The van der Waals surface area contributed by atoms with Crippen LogP contribution in [0.4, 0.5) is 10.8 Å². The van der Waals surface area contributed by atoms with Crippen molar-refractivity contribution in [1.82, 2.24) is 24.1 Å². The zero-order valence-electron chi connectivity index (χ0n) is 15.5. The van der Waals surface area contributed by atoms with Gasteiger partial charge in [0.25, 0.3) is 5.91 Å². The topological polar surface area (TPSA) is 129 Å². The summed E-state index contributed by atoms with van der Waals surface area (Å²) >= 11 is 1.30. The number of amides is 1. The van der Waals surface area contributed by atoms with Crippen LogP contribution in [0.5, 0.6) is 0 Å². The van der Waals surface area contributed by atoms with E-state index in [1.807, 2.05) is 36.8 Å². The van der Waals surface area contributed by atoms with Gasteiger partial charge in [-0.1, -0.05) is 0 Å². The number of nitrogens with one attached hydrogen (secondary N) is 1. The minimum atomic E-state index is -0.440. The lowest BCUT2D eigenvalue weighted by Crippen LogP contribution is -2.09. The van der Waals surface area contributed by atoms with Gasteiger partial charge in [-0.25, -0.2) is 9.97 Å². The molecule has 0 aromatic carbocycles. The van der Waals surface area contributed by atoms with Crippen molar-refractivity contribution in [2.45, 2.75) is 13.3 Å². The molecule has 4 aromatic rings. The Morgan fingerprint density at radius 3 is 2.79 bits per heavy atom. The molecule has 0 radical (unpaired) electrons. The summed E-state index contributed by atoms with van der Waals surface area (Å²) in [5.74, 6) is 0.156. The summed E-state index contributed by atoms with van der Waals surface area (Å²) in [7, 11) is 1.87. The maximum Gasteiger partial charge on any atom is 0.259 e. The minimum Gasteiger partial charge on any atom is -0.365 e. The first-order chi connectivity index (χ1) is 13.5. The summed E-state index contributed by atoms with van der Waals surface area (Å²) in [6.45, 7) is 2.34. The van der Waals surface area contributed by atoms with Crippen LogP contribution in [0.15, 0.2) is 30.9 Å². The Morgan fingerprint density at radius 1 is 1.32 bits per heavy atom. The lowest BCUT2D eigenvalue weighted by Gasteiger charge is -2.09. The number of rotatable bonds is 6. The van der Waals surface area contributed by atoms with Gasteiger partial charge < -0.3 is 16.8 Å². The molecule has 0 aliphatic carbocycles. The van der Waals surface area contributed by atoms with E-state index < -0.39 is 5.91 Å². The fourth-order valence-electron chi connectivity index (χ4n) is 3.06. The van der Waals surface area contributed by atoms with E-state index in [1.165, 1.54) is 11.3 Å². The number of hydrogen-bond donors (Lipinski definition) is 3. The van der Waals surface area contributed by atoms with Gasteiger partial charge in [0.05, 0.1) is 33.7 Å². The lowest BCUT2D eigenvalue weighted by molar-refractivity contribution is 0.100. The zero-order valence-corrected chi connectivity index (χ0v) is 16.3. The van der Waals surface area contributed by atoms with Crippen LogP contribution in [0.25, 0.3) is 16.9 Å². The van der Waals surface area contributed by atoms with Crippen LogP contribution in [0, 0.1) is 6.92 Å². The molecule has 0 aliphatic rings. The van der Waals surface area contributed by atoms with Gasteiger partial charge in [-0.3, -0.25) is 13.9 Å². The summed E-state index contributed by atoms with van der Waals surface area (Å²) < 4.78 is 3.72. The molecule has 9 nitrogen and oxygen atoms in total. The summed E-state index contributed by atoms with van der Waals surface area (Å²) in [6.07, 6.45) is 8.09.